The molecule has 0 fully saturated rings. The van der Waals surface area contributed by atoms with E-state index in [0.717, 1.165) is 17.7 Å². The van der Waals surface area contributed by atoms with Crippen molar-refractivity contribution in [2.45, 2.75) is 12.8 Å². The third-order valence-corrected chi connectivity index (χ3v) is 3.97. The molecule has 1 aromatic heterocycles. The largest absolute Gasteiger partial charge is 0.477 e. The van der Waals surface area contributed by atoms with Crippen molar-refractivity contribution in [1.29, 1.82) is 0 Å². The third-order valence-electron chi connectivity index (χ3n) is 2.72. The number of hydrogen-bond acceptors (Lipinski definition) is 3. The Morgan fingerprint density at radius 3 is 2.58 bits per heavy atom. The van der Waals surface area contributed by atoms with Crippen molar-refractivity contribution >= 4 is 36.0 Å². The first-order chi connectivity index (χ1) is 9.15. The Balaban J connectivity index is 1.98. The lowest BCUT2D eigenvalue weighted by molar-refractivity contribution is -0.131. The van der Waals surface area contributed by atoms with Crippen molar-refractivity contribution in [3.8, 4) is 0 Å². The summed E-state index contributed by atoms with van der Waals surface area (Å²) >= 11 is 5.47. The summed E-state index contributed by atoms with van der Waals surface area (Å²) in [5.41, 5.74) is 2.54. The molecule has 0 bridgehead atoms. The topological polar surface area (TPSA) is 37.3 Å². The summed E-state index contributed by atoms with van der Waals surface area (Å²) < 4.78 is 0. The molecule has 0 aliphatic rings. The van der Waals surface area contributed by atoms with E-state index >= 15 is 0 Å². The molecule has 19 heavy (non-hydrogen) atoms. The van der Waals surface area contributed by atoms with Crippen molar-refractivity contribution in [3.05, 3.63) is 62.7 Å². The minimum atomic E-state index is -0.998. The molecular weight excluding hydrogens is 276 g/mol. The highest BCUT2D eigenvalue weighted by Gasteiger charge is 2.03. The van der Waals surface area contributed by atoms with Crippen molar-refractivity contribution in [2.75, 3.05) is 0 Å². The van der Waals surface area contributed by atoms with Crippen LogP contribution in [0.25, 0.3) is 6.08 Å². The molecule has 0 saturated carbocycles. The maximum absolute atomic E-state index is 10.7. The molecule has 0 saturated heterocycles. The van der Waals surface area contributed by atoms with Gasteiger partial charge in [-0.1, -0.05) is 30.3 Å². The normalized spacial score (nSPS) is 11.5. The zero-order valence-electron chi connectivity index (χ0n) is 10.2. The number of carboxylic acids is 1. The summed E-state index contributed by atoms with van der Waals surface area (Å²) in [4.78, 5) is 11.7. The molecule has 2 nitrogen and oxygen atoms in total. The SMILES string of the molecule is O=C(O)C(S)=Cc1cc(CCc2ccccc2)cs1. The van der Waals surface area contributed by atoms with Gasteiger partial charge in [0.15, 0.2) is 0 Å². The molecule has 2 rings (SSSR count). The minimum absolute atomic E-state index is 0.0662. The van der Waals surface area contributed by atoms with Crippen LogP contribution in [0.4, 0.5) is 0 Å². The van der Waals surface area contributed by atoms with Gasteiger partial charge in [-0.25, -0.2) is 4.79 Å². The van der Waals surface area contributed by atoms with E-state index in [1.54, 1.807) is 17.4 Å². The number of benzene rings is 1. The van der Waals surface area contributed by atoms with E-state index in [1.807, 2.05) is 24.3 Å². The first-order valence-electron chi connectivity index (χ1n) is 5.90. The fourth-order valence-corrected chi connectivity index (χ4v) is 2.84. The van der Waals surface area contributed by atoms with Crippen LogP contribution in [-0.2, 0) is 17.6 Å². The predicted octanol–water partition coefficient (Wildman–Crippen LogP) is 3.89. The van der Waals surface area contributed by atoms with Crippen LogP contribution in [0.3, 0.4) is 0 Å². The monoisotopic (exact) mass is 290 g/mol. The van der Waals surface area contributed by atoms with Gasteiger partial charge in [0, 0.05) is 4.88 Å². The van der Waals surface area contributed by atoms with Gasteiger partial charge < -0.3 is 5.11 Å². The minimum Gasteiger partial charge on any atom is -0.477 e. The highest BCUT2D eigenvalue weighted by molar-refractivity contribution is 7.85. The van der Waals surface area contributed by atoms with Gasteiger partial charge in [-0.15, -0.1) is 24.0 Å². The van der Waals surface area contributed by atoms with Crippen molar-refractivity contribution in [2.24, 2.45) is 0 Å². The number of aliphatic carboxylic acids is 1. The lowest BCUT2D eigenvalue weighted by atomic mass is 10.1. The predicted molar refractivity (Wildman–Crippen MR) is 82.8 cm³/mol. The molecule has 0 aliphatic carbocycles. The Hall–Kier alpha value is -1.52. The smallest absolute Gasteiger partial charge is 0.341 e. The van der Waals surface area contributed by atoms with Gasteiger partial charge in [0.05, 0.1) is 4.91 Å². The number of rotatable bonds is 5. The van der Waals surface area contributed by atoms with E-state index in [9.17, 15) is 4.79 Å². The second-order valence-corrected chi connectivity index (χ2v) is 5.60. The molecule has 0 aliphatic heterocycles. The Morgan fingerprint density at radius 1 is 1.21 bits per heavy atom. The first kappa shape index (κ1) is 13.9. The highest BCUT2D eigenvalue weighted by atomic mass is 32.1. The van der Waals surface area contributed by atoms with Gasteiger partial charge in [-0.05, 0) is 41.5 Å². The van der Waals surface area contributed by atoms with Gasteiger partial charge in [0.2, 0.25) is 0 Å². The van der Waals surface area contributed by atoms with E-state index in [1.165, 1.54) is 11.1 Å². The molecule has 98 valence electrons. The summed E-state index contributed by atoms with van der Waals surface area (Å²) in [5.74, 6) is -0.998. The molecule has 1 heterocycles. The molecule has 0 atom stereocenters. The molecule has 1 aromatic carbocycles. The average molecular weight is 290 g/mol. The number of hydrogen-bond donors (Lipinski definition) is 2. The van der Waals surface area contributed by atoms with E-state index in [-0.39, 0.29) is 4.91 Å². The summed E-state index contributed by atoms with van der Waals surface area (Å²) in [6.07, 6.45) is 3.54. The molecule has 0 spiro atoms. The van der Waals surface area contributed by atoms with Gasteiger partial charge in [0.1, 0.15) is 0 Å². The quantitative estimate of drug-likeness (QED) is 0.647. The zero-order valence-corrected chi connectivity index (χ0v) is 12.0. The Morgan fingerprint density at radius 2 is 1.89 bits per heavy atom. The number of carboxylic acid groups (broad SMARTS) is 1. The van der Waals surface area contributed by atoms with Crippen LogP contribution in [0.2, 0.25) is 0 Å². The molecule has 4 heteroatoms. The van der Waals surface area contributed by atoms with E-state index in [0.29, 0.717) is 0 Å². The average Bonchev–Trinajstić information content (AvgIpc) is 2.85. The summed E-state index contributed by atoms with van der Waals surface area (Å²) in [6.45, 7) is 0. The summed E-state index contributed by atoms with van der Waals surface area (Å²) in [7, 11) is 0. The summed E-state index contributed by atoms with van der Waals surface area (Å²) in [6, 6.07) is 12.3. The van der Waals surface area contributed by atoms with Crippen LogP contribution >= 0.6 is 24.0 Å². The highest BCUT2D eigenvalue weighted by Crippen LogP contribution is 2.20. The van der Waals surface area contributed by atoms with E-state index < -0.39 is 5.97 Å². The lowest BCUT2D eigenvalue weighted by Crippen LogP contribution is -1.92. The summed E-state index contributed by atoms with van der Waals surface area (Å²) in [5, 5.41) is 10.8. The molecule has 0 unspecified atom stereocenters. The number of thiol groups is 1. The van der Waals surface area contributed by atoms with E-state index in [2.05, 4.69) is 30.1 Å². The van der Waals surface area contributed by atoms with Crippen molar-refractivity contribution in [1.82, 2.24) is 0 Å². The third kappa shape index (κ3) is 4.26. The van der Waals surface area contributed by atoms with Gasteiger partial charge in [0.25, 0.3) is 0 Å². The maximum atomic E-state index is 10.7. The van der Waals surface area contributed by atoms with Crippen LogP contribution in [0.1, 0.15) is 16.0 Å². The van der Waals surface area contributed by atoms with Crippen LogP contribution < -0.4 is 0 Å². The Labute approximate surface area is 121 Å². The number of aryl methyl sites for hydroxylation is 2. The number of thiophene rings is 1. The van der Waals surface area contributed by atoms with Gasteiger partial charge in [-0.2, -0.15) is 0 Å². The maximum Gasteiger partial charge on any atom is 0.341 e. The standard InChI is InChI=1S/C15H14O2S2/c16-15(17)14(18)9-13-8-12(10-19-13)7-6-11-4-2-1-3-5-11/h1-5,8-10,18H,6-7H2,(H,16,17). The van der Waals surface area contributed by atoms with E-state index in [4.69, 9.17) is 5.11 Å². The fourth-order valence-electron chi connectivity index (χ4n) is 1.73. The first-order valence-corrected chi connectivity index (χ1v) is 7.23. The lowest BCUT2D eigenvalue weighted by Gasteiger charge is -1.98. The second kappa shape index (κ2) is 6.59. The zero-order chi connectivity index (χ0) is 13.7. The molecular formula is C15H14O2S2. The molecule has 1 N–H and O–H groups in total. The van der Waals surface area contributed by atoms with Gasteiger partial charge >= 0.3 is 5.97 Å². The van der Waals surface area contributed by atoms with Crippen molar-refractivity contribution < 1.29 is 9.90 Å². The Kier molecular flexibility index (Phi) is 4.82. The molecule has 2 aromatic rings. The van der Waals surface area contributed by atoms with Crippen molar-refractivity contribution in [3.63, 3.8) is 0 Å². The van der Waals surface area contributed by atoms with Crippen LogP contribution in [0.15, 0.2) is 46.7 Å². The number of carbonyl (C=O) groups is 1. The fraction of sp³-hybridized carbons (Fsp3) is 0.133. The van der Waals surface area contributed by atoms with Crippen LogP contribution in [0, 0.1) is 0 Å². The molecule has 0 amide bonds. The van der Waals surface area contributed by atoms with Crippen LogP contribution in [-0.4, -0.2) is 11.1 Å². The van der Waals surface area contributed by atoms with Gasteiger partial charge in [-0.3, -0.25) is 0 Å². The second-order valence-electron chi connectivity index (χ2n) is 4.18. The Bertz CT molecular complexity index is 585. The molecule has 0 radical (unpaired) electrons. The van der Waals surface area contributed by atoms with Crippen LogP contribution in [0.5, 0.6) is 0 Å².